The van der Waals surface area contributed by atoms with Crippen LogP contribution in [0.15, 0.2) is 91.0 Å². The molecule has 3 aliphatic heterocycles. The SMILES string of the molecule is O=C(OC1C[N+]2(CCc3ccccc3)CCC1CC2)C(O)(c1ccccc1)c1ccccc1. The summed E-state index contributed by atoms with van der Waals surface area (Å²) in [6, 6.07) is 28.9. The van der Waals surface area contributed by atoms with Crippen LogP contribution in [-0.2, 0) is 21.6 Å². The fraction of sp³-hybridized carbons (Fsp3) is 0.345. The Labute approximate surface area is 196 Å². The first-order chi connectivity index (χ1) is 16.1. The van der Waals surface area contributed by atoms with E-state index in [9.17, 15) is 9.90 Å². The predicted molar refractivity (Wildman–Crippen MR) is 128 cm³/mol. The molecule has 0 aromatic heterocycles. The number of fused-ring (bicyclic) bond motifs is 3. The van der Waals surface area contributed by atoms with Gasteiger partial charge in [-0.1, -0.05) is 91.0 Å². The third-order valence-electron chi connectivity index (χ3n) is 7.70. The van der Waals surface area contributed by atoms with Crippen LogP contribution in [0.2, 0.25) is 0 Å². The van der Waals surface area contributed by atoms with Gasteiger partial charge in [0.1, 0.15) is 6.54 Å². The van der Waals surface area contributed by atoms with Crippen molar-refractivity contribution in [2.75, 3.05) is 26.2 Å². The van der Waals surface area contributed by atoms with Crippen LogP contribution in [0.4, 0.5) is 0 Å². The molecule has 3 aromatic rings. The van der Waals surface area contributed by atoms with Gasteiger partial charge in [-0.05, 0) is 16.7 Å². The van der Waals surface area contributed by atoms with E-state index in [0.717, 1.165) is 49.9 Å². The molecule has 0 aliphatic carbocycles. The van der Waals surface area contributed by atoms with Gasteiger partial charge in [-0.3, -0.25) is 0 Å². The third kappa shape index (κ3) is 4.33. The van der Waals surface area contributed by atoms with E-state index >= 15 is 0 Å². The number of ether oxygens (including phenoxy) is 1. The first-order valence-electron chi connectivity index (χ1n) is 12.0. The lowest BCUT2D eigenvalue weighted by molar-refractivity contribution is -0.946. The molecule has 4 nitrogen and oxygen atoms in total. The number of hydrogen-bond acceptors (Lipinski definition) is 3. The number of nitrogens with zero attached hydrogens (tertiary/aromatic N) is 1. The van der Waals surface area contributed by atoms with Crippen molar-refractivity contribution in [1.29, 1.82) is 0 Å². The normalized spacial score (nSPS) is 24.4. The highest BCUT2D eigenvalue weighted by Gasteiger charge is 2.50. The Morgan fingerprint density at radius 1 is 0.848 bits per heavy atom. The van der Waals surface area contributed by atoms with Crippen molar-refractivity contribution in [1.82, 2.24) is 0 Å². The van der Waals surface area contributed by atoms with Gasteiger partial charge in [-0.15, -0.1) is 0 Å². The second kappa shape index (κ2) is 9.12. The quantitative estimate of drug-likeness (QED) is 0.438. The highest BCUT2D eigenvalue weighted by Crippen LogP contribution is 2.38. The topological polar surface area (TPSA) is 46.5 Å². The maximum absolute atomic E-state index is 13.6. The minimum atomic E-state index is -1.82. The van der Waals surface area contributed by atoms with Gasteiger partial charge in [-0.25, -0.2) is 4.79 Å². The molecule has 1 atom stereocenters. The minimum absolute atomic E-state index is 0.158. The molecule has 3 aliphatic rings. The summed E-state index contributed by atoms with van der Waals surface area (Å²) in [7, 11) is 0. The summed E-state index contributed by atoms with van der Waals surface area (Å²) in [4.78, 5) is 13.6. The molecule has 4 heteroatoms. The van der Waals surface area contributed by atoms with E-state index in [1.54, 1.807) is 24.3 Å². The largest absolute Gasteiger partial charge is 0.453 e. The summed E-state index contributed by atoms with van der Waals surface area (Å²) < 4.78 is 7.17. The Morgan fingerprint density at radius 2 is 1.36 bits per heavy atom. The zero-order valence-corrected chi connectivity index (χ0v) is 19.0. The molecule has 33 heavy (non-hydrogen) atoms. The molecule has 0 saturated carbocycles. The van der Waals surface area contributed by atoms with Gasteiger partial charge in [0.2, 0.25) is 5.60 Å². The molecular weight excluding hydrogens is 410 g/mol. The number of carbonyl (C=O) groups excluding carboxylic acids is 1. The second-order valence-corrected chi connectivity index (χ2v) is 9.65. The number of quaternary nitrogens is 1. The van der Waals surface area contributed by atoms with Crippen molar-refractivity contribution in [2.24, 2.45) is 5.92 Å². The highest BCUT2D eigenvalue weighted by atomic mass is 16.6. The van der Waals surface area contributed by atoms with Crippen molar-refractivity contribution in [3.63, 3.8) is 0 Å². The number of aliphatic hydroxyl groups is 1. The van der Waals surface area contributed by atoms with Gasteiger partial charge in [0.25, 0.3) is 0 Å². The van der Waals surface area contributed by atoms with Crippen LogP contribution in [0.25, 0.3) is 0 Å². The van der Waals surface area contributed by atoms with Gasteiger partial charge in [-0.2, -0.15) is 0 Å². The first kappa shape index (κ1) is 21.9. The molecule has 0 amide bonds. The van der Waals surface area contributed by atoms with Crippen molar-refractivity contribution in [2.45, 2.75) is 31.0 Å². The summed E-state index contributed by atoms with van der Waals surface area (Å²) in [5.74, 6) is -0.193. The van der Waals surface area contributed by atoms with Crippen molar-refractivity contribution in [3.05, 3.63) is 108 Å². The molecule has 3 saturated heterocycles. The summed E-state index contributed by atoms with van der Waals surface area (Å²) in [5, 5.41) is 11.8. The van der Waals surface area contributed by atoms with Crippen LogP contribution in [0.5, 0.6) is 0 Å². The molecule has 1 unspecified atom stereocenters. The van der Waals surface area contributed by atoms with E-state index in [2.05, 4.69) is 30.3 Å². The third-order valence-corrected chi connectivity index (χ3v) is 7.70. The van der Waals surface area contributed by atoms with Gasteiger partial charge in [0.15, 0.2) is 6.10 Å². The summed E-state index contributed by atoms with van der Waals surface area (Å²) in [5.41, 5.74) is 0.614. The maximum atomic E-state index is 13.6. The molecule has 3 aromatic carbocycles. The van der Waals surface area contributed by atoms with E-state index in [1.165, 1.54) is 5.56 Å². The number of rotatable bonds is 7. The fourth-order valence-corrected chi connectivity index (χ4v) is 5.66. The molecule has 3 fully saturated rings. The van der Waals surface area contributed by atoms with E-state index in [-0.39, 0.29) is 6.10 Å². The van der Waals surface area contributed by atoms with Crippen LogP contribution >= 0.6 is 0 Å². The Morgan fingerprint density at radius 3 is 1.91 bits per heavy atom. The van der Waals surface area contributed by atoms with Gasteiger partial charge >= 0.3 is 5.97 Å². The van der Waals surface area contributed by atoms with Crippen molar-refractivity contribution in [3.8, 4) is 0 Å². The number of esters is 1. The predicted octanol–water partition coefficient (Wildman–Crippen LogP) is 4.32. The van der Waals surface area contributed by atoms with E-state index in [1.807, 2.05) is 36.4 Å². The fourth-order valence-electron chi connectivity index (χ4n) is 5.66. The van der Waals surface area contributed by atoms with Crippen LogP contribution in [0, 0.1) is 5.92 Å². The van der Waals surface area contributed by atoms with Crippen LogP contribution in [0.1, 0.15) is 29.5 Å². The number of carbonyl (C=O) groups is 1. The maximum Gasteiger partial charge on any atom is 0.348 e. The molecule has 3 heterocycles. The standard InChI is InChI=1S/C29H32NO3/c31-28(29(32,25-12-6-2-7-13-25)26-14-8-3-9-15-26)33-27-22-30(20-17-24(27)18-21-30)19-16-23-10-4-1-5-11-23/h1-15,24,27,32H,16-22H2/q+1. The Bertz CT molecular complexity index is 1020. The van der Waals surface area contributed by atoms with E-state index < -0.39 is 11.6 Å². The van der Waals surface area contributed by atoms with E-state index in [4.69, 9.17) is 4.74 Å². The number of hydrogen-bond donors (Lipinski definition) is 1. The van der Waals surface area contributed by atoms with Gasteiger partial charge < -0.3 is 14.3 Å². The molecular formula is C29H32NO3+. The summed E-state index contributed by atoms with van der Waals surface area (Å²) in [6.07, 6.45) is 3.02. The minimum Gasteiger partial charge on any atom is -0.453 e. The van der Waals surface area contributed by atoms with E-state index in [0.29, 0.717) is 17.0 Å². The Hall–Kier alpha value is -2.95. The second-order valence-electron chi connectivity index (χ2n) is 9.65. The highest BCUT2D eigenvalue weighted by molar-refractivity contribution is 5.85. The monoisotopic (exact) mass is 442 g/mol. The Kier molecular flexibility index (Phi) is 6.05. The average Bonchev–Trinajstić information content (AvgIpc) is 2.89. The average molecular weight is 443 g/mol. The molecule has 6 rings (SSSR count). The Balaban J connectivity index is 1.36. The molecule has 170 valence electrons. The van der Waals surface area contributed by atoms with Crippen LogP contribution in [-0.4, -0.2) is 47.8 Å². The molecule has 0 radical (unpaired) electrons. The van der Waals surface area contributed by atoms with Crippen LogP contribution in [0.3, 0.4) is 0 Å². The summed E-state index contributed by atoms with van der Waals surface area (Å²) >= 11 is 0. The molecule has 1 N–H and O–H groups in total. The zero-order chi connectivity index (χ0) is 22.7. The van der Waals surface area contributed by atoms with Crippen LogP contribution < -0.4 is 0 Å². The lowest BCUT2D eigenvalue weighted by Crippen LogP contribution is -2.65. The smallest absolute Gasteiger partial charge is 0.348 e. The first-order valence-corrected chi connectivity index (χ1v) is 12.0. The van der Waals surface area contributed by atoms with Crippen molar-refractivity contribution >= 4 is 5.97 Å². The molecule has 0 spiro atoms. The lowest BCUT2D eigenvalue weighted by Gasteiger charge is -2.52. The zero-order valence-electron chi connectivity index (χ0n) is 19.0. The van der Waals surface area contributed by atoms with Gasteiger partial charge in [0.05, 0.1) is 19.6 Å². The lowest BCUT2D eigenvalue weighted by atomic mass is 9.82. The number of piperidine rings is 3. The van der Waals surface area contributed by atoms with Crippen molar-refractivity contribution < 1.29 is 19.1 Å². The van der Waals surface area contributed by atoms with Gasteiger partial charge in [0, 0.05) is 25.2 Å². The summed E-state index contributed by atoms with van der Waals surface area (Å²) in [6.45, 7) is 4.19. The molecule has 2 bridgehead atoms. The number of benzene rings is 3.